The van der Waals surface area contributed by atoms with Gasteiger partial charge in [-0.15, -0.1) is 5.10 Å². The van der Waals surface area contributed by atoms with Crippen molar-refractivity contribution in [2.45, 2.75) is 13.0 Å². The third-order valence-electron chi connectivity index (χ3n) is 2.85. The van der Waals surface area contributed by atoms with Gasteiger partial charge in [-0.25, -0.2) is 0 Å². The lowest BCUT2D eigenvalue weighted by molar-refractivity contribution is -0.110. The summed E-state index contributed by atoms with van der Waals surface area (Å²) in [4.78, 5) is 10.4. The Morgan fingerprint density at radius 1 is 1.53 bits per heavy atom. The average molecular weight is 233 g/mol. The lowest BCUT2D eigenvalue weighted by Crippen LogP contribution is -2.15. The number of benzene rings is 1. The van der Waals surface area contributed by atoms with Gasteiger partial charge in [0.25, 0.3) is 0 Å². The molecule has 0 bridgehead atoms. The smallest absolute Gasteiger partial charge is 0.240 e. The van der Waals surface area contributed by atoms with Gasteiger partial charge in [-0.05, 0) is 24.6 Å². The zero-order valence-electron chi connectivity index (χ0n) is 10.1. The average Bonchev–Trinajstić information content (AvgIpc) is 2.66. The minimum atomic E-state index is -0.0261. The molecule has 0 unspecified atom stereocenters. The fraction of sp³-hybridized carbons (Fsp3) is 0.333. The molecule has 0 aliphatic heterocycles. The summed E-state index contributed by atoms with van der Waals surface area (Å²) < 4.78 is 6.99. The van der Waals surface area contributed by atoms with Crippen LogP contribution in [0, 0.1) is 0 Å². The van der Waals surface area contributed by atoms with E-state index in [0.717, 1.165) is 16.5 Å². The van der Waals surface area contributed by atoms with Gasteiger partial charge in [0, 0.05) is 7.05 Å². The molecule has 2 aromatic rings. The van der Waals surface area contributed by atoms with Gasteiger partial charge in [-0.2, -0.15) is 0 Å². The first-order chi connectivity index (χ1) is 8.17. The molecule has 1 amide bonds. The summed E-state index contributed by atoms with van der Waals surface area (Å²) in [5.74, 6) is 0.600. The van der Waals surface area contributed by atoms with Crippen LogP contribution in [0.4, 0.5) is 0 Å². The van der Waals surface area contributed by atoms with E-state index in [-0.39, 0.29) is 6.04 Å². The lowest BCUT2D eigenvalue weighted by Gasteiger charge is -2.10. The summed E-state index contributed by atoms with van der Waals surface area (Å²) in [6.07, 6.45) is 0.704. The second kappa shape index (κ2) is 4.45. The molecule has 2 rings (SSSR count). The number of nitrogens with one attached hydrogen (secondary N) is 1. The maximum absolute atomic E-state index is 10.4. The summed E-state index contributed by atoms with van der Waals surface area (Å²) in [7, 11) is 3.47. The first-order valence-corrected chi connectivity index (χ1v) is 5.37. The number of nitrogens with zero attached hydrogens (tertiary/aromatic N) is 2. The van der Waals surface area contributed by atoms with E-state index in [9.17, 15) is 4.79 Å². The Labute approximate surface area is 99.4 Å². The van der Waals surface area contributed by atoms with E-state index >= 15 is 0 Å². The normalized spacial score (nSPS) is 12.4. The Bertz CT molecular complexity index is 548. The molecule has 0 aliphatic rings. The summed E-state index contributed by atoms with van der Waals surface area (Å²) in [5.41, 5.74) is 2.03. The maximum atomic E-state index is 10.4. The van der Waals surface area contributed by atoms with E-state index in [1.165, 1.54) is 0 Å². The fourth-order valence-electron chi connectivity index (χ4n) is 1.87. The van der Waals surface area contributed by atoms with Gasteiger partial charge in [0.05, 0.1) is 24.1 Å². The van der Waals surface area contributed by atoms with Gasteiger partial charge in [0.1, 0.15) is 0 Å². The summed E-state index contributed by atoms with van der Waals surface area (Å²) >= 11 is 0. The van der Waals surface area contributed by atoms with Crippen molar-refractivity contribution >= 4 is 17.3 Å². The third kappa shape index (κ3) is 1.95. The highest BCUT2D eigenvalue weighted by Crippen LogP contribution is 2.27. The highest BCUT2D eigenvalue weighted by atomic mass is 16.5. The second-order valence-electron chi connectivity index (χ2n) is 3.92. The monoisotopic (exact) mass is 233 g/mol. The Balaban J connectivity index is 2.52. The van der Waals surface area contributed by atoms with E-state index in [2.05, 4.69) is 10.4 Å². The van der Waals surface area contributed by atoms with Crippen molar-refractivity contribution in [2.24, 2.45) is 7.05 Å². The molecular weight excluding hydrogens is 218 g/mol. The molecule has 90 valence electrons. The first kappa shape index (κ1) is 11.4. The van der Waals surface area contributed by atoms with Crippen LogP contribution in [0.1, 0.15) is 18.5 Å². The minimum Gasteiger partial charge on any atom is -0.479 e. The van der Waals surface area contributed by atoms with Crippen LogP contribution in [-0.2, 0) is 11.8 Å². The molecule has 0 saturated heterocycles. The first-order valence-electron chi connectivity index (χ1n) is 5.37. The number of methoxy groups -OCH3 is 1. The summed E-state index contributed by atoms with van der Waals surface area (Å²) in [5, 5.41) is 7.93. The SMILES string of the molecule is COc1nn(C)c2ccc([C@H](C)NC=O)cc12. The van der Waals surface area contributed by atoms with Crippen LogP contribution in [0.25, 0.3) is 10.9 Å². The van der Waals surface area contributed by atoms with Crippen LogP contribution in [0.3, 0.4) is 0 Å². The summed E-state index contributed by atoms with van der Waals surface area (Å²) in [6, 6.07) is 5.91. The molecule has 1 aromatic carbocycles. The second-order valence-corrected chi connectivity index (χ2v) is 3.92. The highest BCUT2D eigenvalue weighted by Gasteiger charge is 2.11. The topological polar surface area (TPSA) is 56.1 Å². The maximum Gasteiger partial charge on any atom is 0.240 e. The predicted molar refractivity (Wildman–Crippen MR) is 64.9 cm³/mol. The third-order valence-corrected chi connectivity index (χ3v) is 2.85. The van der Waals surface area contributed by atoms with Crippen molar-refractivity contribution in [1.29, 1.82) is 0 Å². The van der Waals surface area contributed by atoms with E-state index in [0.29, 0.717) is 12.3 Å². The largest absolute Gasteiger partial charge is 0.479 e. The zero-order chi connectivity index (χ0) is 12.4. The number of rotatable bonds is 4. The van der Waals surface area contributed by atoms with Crippen LogP contribution >= 0.6 is 0 Å². The molecule has 1 aromatic heterocycles. The van der Waals surface area contributed by atoms with E-state index < -0.39 is 0 Å². The molecule has 5 heteroatoms. The van der Waals surface area contributed by atoms with Crippen molar-refractivity contribution in [3.63, 3.8) is 0 Å². The van der Waals surface area contributed by atoms with Gasteiger partial charge in [0.2, 0.25) is 12.3 Å². The number of amides is 1. The molecule has 0 fully saturated rings. The van der Waals surface area contributed by atoms with Crippen molar-refractivity contribution in [1.82, 2.24) is 15.1 Å². The van der Waals surface area contributed by atoms with Gasteiger partial charge in [-0.3, -0.25) is 9.48 Å². The van der Waals surface area contributed by atoms with Gasteiger partial charge < -0.3 is 10.1 Å². The molecule has 0 spiro atoms. The number of ether oxygens (including phenoxy) is 1. The van der Waals surface area contributed by atoms with Crippen LogP contribution in [0.5, 0.6) is 5.88 Å². The molecule has 0 radical (unpaired) electrons. The van der Waals surface area contributed by atoms with Crippen molar-refractivity contribution in [3.05, 3.63) is 23.8 Å². The number of hydrogen-bond donors (Lipinski definition) is 1. The highest BCUT2D eigenvalue weighted by molar-refractivity contribution is 5.85. The molecule has 1 atom stereocenters. The van der Waals surface area contributed by atoms with Crippen molar-refractivity contribution in [3.8, 4) is 5.88 Å². The molecule has 1 heterocycles. The molecule has 0 saturated carbocycles. The number of aromatic nitrogens is 2. The predicted octanol–water partition coefficient (Wildman–Crippen LogP) is 1.39. The molecular formula is C12H15N3O2. The number of aryl methyl sites for hydroxylation is 1. The van der Waals surface area contributed by atoms with Gasteiger partial charge in [-0.1, -0.05) is 6.07 Å². The fourth-order valence-corrected chi connectivity index (χ4v) is 1.87. The lowest BCUT2D eigenvalue weighted by atomic mass is 10.1. The Morgan fingerprint density at radius 2 is 2.29 bits per heavy atom. The standard InChI is InChI=1S/C12H15N3O2/c1-8(13-7-16)9-4-5-11-10(6-9)12(17-3)14-15(11)2/h4-8H,1-3H3,(H,13,16)/t8-/m0/s1. The molecule has 5 nitrogen and oxygen atoms in total. The van der Waals surface area contributed by atoms with Crippen LogP contribution in [0.2, 0.25) is 0 Å². The summed E-state index contributed by atoms with van der Waals surface area (Å²) in [6.45, 7) is 1.93. The van der Waals surface area contributed by atoms with Crippen molar-refractivity contribution in [2.75, 3.05) is 7.11 Å². The van der Waals surface area contributed by atoms with Crippen LogP contribution in [-0.4, -0.2) is 23.3 Å². The zero-order valence-corrected chi connectivity index (χ0v) is 10.1. The van der Waals surface area contributed by atoms with Gasteiger partial charge >= 0.3 is 0 Å². The Kier molecular flexibility index (Phi) is 2.99. The Hall–Kier alpha value is -2.04. The van der Waals surface area contributed by atoms with Crippen molar-refractivity contribution < 1.29 is 9.53 Å². The number of fused-ring (bicyclic) bond motifs is 1. The number of carbonyl (C=O) groups is 1. The Morgan fingerprint density at radius 3 is 2.94 bits per heavy atom. The van der Waals surface area contributed by atoms with Crippen LogP contribution in [0.15, 0.2) is 18.2 Å². The molecule has 1 N–H and O–H groups in total. The molecule has 0 aliphatic carbocycles. The molecule has 17 heavy (non-hydrogen) atoms. The quantitative estimate of drug-likeness (QED) is 0.812. The van der Waals surface area contributed by atoms with E-state index in [1.807, 2.05) is 32.2 Å². The minimum absolute atomic E-state index is 0.0261. The van der Waals surface area contributed by atoms with E-state index in [4.69, 9.17) is 4.74 Å². The number of carbonyl (C=O) groups excluding carboxylic acids is 1. The van der Waals surface area contributed by atoms with E-state index in [1.54, 1.807) is 11.8 Å². The number of hydrogen-bond acceptors (Lipinski definition) is 3. The van der Waals surface area contributed by atoms with Crippen LogP contribution < -0.4 is 10.1 Å². The van der Waals surface area contributed by atoms with Gasteiger partial charge in [0.15, 0.2) is 0 Å².